The molecule has 8 heteroatoms. The summed E-state index contributed by atoms with van der Waals surface area (Å²) in [5.41, 5.74) is 4.60. The third-order valence-electron chi connectivity index (χ3n) is 6.46. The van der Waals surface area contributed by atoms with Crippen LogP contribution in [0.25, 0.3) is 11.1 Å². The monoisotopic (exact) mass is 452 g/mol. The van der Waals surface area contributed by atoms with Crippen LogP contribution in [-0.4, -0.2) is 65.4 Å². The summed E-state index contributed by atoms with van der Waals surface area (Å²) in [5.74, 6) is -1.83. The zero-order valence-corrected chi connectivity index (χ0v) is 18.3. The number of rotatable bonds is 8. The molecule has 2 aromatic rings. The fraction of sp³-hybridized carbons (Fsp3) is 0.400. The van der Waals surface area contributed by atoms with Crippen LogP contribution in [-0.2, 0) is 14.3 Å². The molecule has 2 unspecified atom stereocenters. The van der Waals surface area contributed by atoms with E-state index in [1.807, 2.05) is 24.3 Å². The van der Waals surface area contributed by atoms with E-state index in [1.54, 1.807) is 0 Å². The number of benzene rings is 2. The molecule has 2 aromatic carbocycles. The van der Waals surface area contributed by atoms with Crippen molar-refractivity contribution in [2.24, 2.45) is 5.92 Å². The Bertz CT molecular complexity index is 994. The number of nitrogens with zero attached hydrogens (tertiary/aromatic N) is 1. The number of fused-ring (bicyclic) bond motifs is 3. The Morgan fingerprint density at radius 2 is 1.64 bits per heavy atom. The maximum atomic E-state index is 12.6. The highest BCUT2D eigenvalue weighted by Gasteiger charge is 2.34. The van der Waals surface area contributed by atoms with E-state index in [-0.39, 0.29) is 43.5 Å². The Morgan fingerprint density at radius 1 is 1.00 bits per heavy atom. The number of aliphatic hydroxyl groups is 1. The lowest BCUT2D eigenvalue weighted by atomic mass is 9.98. The molecule has 0 spiro atoms. The quantitative estimate of drug-likeness (QED) is 0.567. The summed E-state index contributed by atoms with van der Waals surface area (Å²) in [4.78, 5) is 37.3. The van der Waals surface area contributed by atoms with E-state index in [2.05, 4.69) is 29.6 Å². The van der Waals surface area contributed by atoms with Crippen molar-refractivity contribution in [3.05, 3.63) is 59.7 Å². The van der Waals surface area contributed by atoms with Crippen molar-refractivity contribution in [1.29, 1.82) is 0 Å². The first-order valence-electron chi connectivity index (χ1n) is 11.2. The minimum atomic E-state index is -1.12. The molecule has 0 radical (unpaired) electrons. The van der Waals surface area contributed by atoms with Gasteiger partial charge in [-0.15, -0.1) is 0 Å². The predicted molar refractivity (Wildman–Crippen MR) is 121 cm³/mol. The first-order valence-corrected chi connectivity index (χ1v) is 11.2. The number of aliphatic hydroxyl groups excluding tert-OH is 1. The number of aliphatic carboxylic acids is 1. The molecular formula is C25H28N2O6. The highest BCUT2D eigenvalue weighted by atomic mass is 16.5. The van der Waals surface area contributed by atoms with Crippen LogP contribution < -0.4 is 5.32 Å². The molecule has 3 N–H and O–H groups in total. The molecule has 2 aliphatic rings. The number of carboxylic acids is 1. The van der Waals surface area contributed by atoms with E-state index >= 15 is 0 Å². The highest BCUT2D eigenvalue weighted by Crippen LogP contribution is 2.44. The number of alkyl carbamates (subject to hydrolysis) is 1. The number of carbonyl (C=O) groups excluding carboxylic acids is 2. The molecule has 33 heavy (non-hydrogen) atoms. The molecule has 0 aromatic heterocycles. The van der Waals surface area contributed by atoms with E-state index in [0.29, 0.717) is 19.3 Å². The molecule has 174 valence electrons. The Labute approximate surface area is 192 Å². The number of amides is 2. The molecule has 4 rings (SSSR count). The van der Waals surface area contributed by atoms with Gasteiger partial charge < -0.3 is 25.2 Å². The van der Waals surface area contributed by atoms with Crippen LogP contribution in [0.1, 0.15) is 36.3 Å². The van der Waals surface area contributed by atoms with E-state index in [0.717, 1.165) is 27.2 Å². The second kappa shape index (κ2) is 10.0. The van der Waals surface area contributed by atoms with Gasteiger partial charge in [0.05, 0.1) is 6.61 Å². The zero-order chi connectivity index (χ0) is 23.4. The van der Waals surface area contributed by atoms with E-state index in [1.165, 1.54) is 0 Å². The second-order valence-electron chi connectivity index (χ2n) is 8.55. The normalized spacial score (nSPS) is 18.9. The molecular weight excluding hydrogens is 424 g/mol. The Morgan fingerprint density at radius 3 is 2.24 bits per heavy atom. The first-order chi connectivity index (χ1) is 16.0. The van der Waals surface area contributed by atoms with Crippen LogP contribution in [0.4, 0.5) is 4.79 Å². The standard InChI is InChI=1S/C25H28N2O6/c28-12-11-27(14-23(29)30)24(31)16-9-10-17(13-16)26-25(32)33-15-22-20-7-3-1-5-18(20)19-6-2-4-8-21(19)22/h1-8,16-17,22,28H,9-15H2,(H,26,32)(H,29,30). The summed E-state index contributed by atoms with van der Waals surface area (Å²) in [7, 11) is 0. The third-order valence-corrected chi connectivity index (χ3v) is 6.46. The Hall–Kier alpha value is -3.39. The molecule has 2 amide bonds. The van der Waals surface area contributed by atoms with E-state index < -0.39 is 18.6 Å². The summed E-state index contributed by atoms with van der Waals surface area (Å²) < 4.78 is 5.58. The minimum Gasteiger partial charge on any atom is -0.480 e. The maximum Gasteiger partial charge on any atom is 0.407 e. The van der Waals surface area contributed by atoms with Crippen molar-refractivity contribution in [2.75, 3.05) is 26.3 Å². The lowest BCUT2D eigenvalue weighted by molar-refractivity contribution is -0.146. The minimum absolute atomic E-state index is 0.0217. The van der Waals surface area contributed by atoms with Crippen LogP contribution >= 0.6 is 0 Å². The van der Waals surface area contributed by atoms with E-state index in [4.69, 9.17) is 14.9 Å². The van der Waals surface area contributed by atoms with Gasteiger partial charge in [-0.3, -0.25) is 9.59 Å². The molecule has 0 aliphatic heterocycles. The summed E-state index contributed by atoms with van der Waals surface area (Å²) in [5, 5.41) is 21.0. The maximum absolute atomic E-state index is 12.6. The number of hydrogen-bond donors (Lipinski definition) is 3. The number of ether oxygens (including phenoxy) is 1. The Kier molecular flexibility index (Phi) is 6.93. The lowest BCUT2D eigenvalue weighted by Gasteiger charge is -2.23. The Balaban J connectivity index is 1.31. The van der Waals surface area contributed by atoms with Gasteiger partial charge in [-0.05, 0) is 41.5 Å². The number of carbonyl (C=O) groups is 3. The summed E-state index contributed by atoms with van der Waals surface area (Å²) >= 11 is 0. The SMILES string of the molecule is O=C(O)CN(CCO)C(=O)C1CCC(NC(=O)OCC2c3ccccc3-c3ccccc32)C1. The van der Waals surface area contributed by atoms with Crippen LogP contribution in [0.15, 0.2) is 48.5 Å². The van der Waals surface area contributed by atoms with Gasteiger partial charge >= 0.3 is 12.1 Å². The molecule has 8 nitrogen and oxygen atoms in total. The van der Waals surface area contributed by atoms with Crippen molar-refractivity contribution < 1.29 is 29.3 Å². The summed E-state index contributed by atoms with van der Waals surface area (Å²) in [6.07, 6.45) is 1.06. The number of carboxylic acid groups (broad SMARTS) is 1. The fourth-order valence-corrected chi connectivity index (χ4v) is 4.95. The van der Waals surface area contributed by atoms with Gasteiger partial charge in [0.25, 0.3) is 0 Å². The average Bonchev–Trinajstić information content (AvgIpc) is 3.39. The second-order valence-corrected chi connectivity index (χ2v) is 8.55. The largest absolute Gasteiger partial charge is 0.480 e. The van der Waals surface area contributed by atoms with Crippen LogP contribution in [0.3, 0.4) is 0 Å². The van der Waals surface area contributed by atoms with Gasteiger partial charge in [-0.25, -0.2) is 4.79 Å². The highest BCUT2D eigenvalue weighted by molar-refractivity contribution is 5.83. The topological polar surface area (TPSA) is 116 Å². The van der Waals surface area contributed by atoms with Crippen LogP contribution in [0.2, 0.25) is 0 Å². The van der Waals surface area contributed by atoms with Crippen molar-refractivity contribution in [3.8, 4) is 11.1 Å². The van der Waals surface area contributed by atoms with Crippen molar-refractivity contribution in [1.82, 2.24) is 10.2 Å². The lowest BCUT2D eigenvalue weighted by Crippen LogP contribution is -2.41. The van der Waals surface area contributed by atoms with Gasteiger partial charge in [0.2, 0.25) is 5.91 Å². The molecule has 0 saturated heterocycles. The first kappa shape index (κ1) is 22.8. The molecule has 0 heterocycles. The number of hydrogen-bond acceptors (Lipinski definition) is 5. The van der Waals surface area contributed by atoms with Gasteiger partial charge in [0, 0.05) is 24.4 Å². The average molecular weight is 453 g/mol. The van der Waals surface area contributed by atoms with Crippen molar-refractivity contribution in [3.63, 3.8) is 0 Å². The molecule has 1 fully saturated rings. The van der Waals surface area contributed by atoms with Gasteiger partial charge in [0.15, 0.2) is 0 Å². The van der Waals surface area contributed by atoms with Gasteiger partial charge in [-0.2, -0.15) is 0 Å². The van der Waals surface area contributed by atoms with Crippen molar-refractivity contribution in [2.45, 2.75) is 31.2 Å². The zero-order valence-electron chi connectivity index (χ0n) is 18.3. The molecule has 1 saturated carbocycles. The number of nitrogens with one attached hydrogen (secondary N) is 1. The molecule has 2 aliphatic carbocycles. The van der Waals surface area contributed by atoms with Crippen LogP contribution in [0.5, 0.6) is 0 Å². The van der Waals surface area contributed by atoms with Crippen molar-refractivity contribution >= 4 is 18.0 Å². The van der Waals surface area contributed by atoms with Gasteiger partial charge in [-0.1, -0.05) is 48.5 Å². The fourth-order valence-electron chi connectivity index (χ4n) is 4.95. The van der Waals surface area contributed by atoms with E-state index in [9.17, 15) is 14.4 Å². The predicted octanol–water partition coefficient (Wildman–Crippen LogP) is 2.60. The smallest absolute Gasteiger partial charge is 0.407 e. The summed E-state index contributed by atoms with van der Waals surface area (Å²) in [6, 6.07) is 16.0. The summed E-state index contributed by atoms with van der Waals surface area (Å²) in [6.45, 7) is -0.544. The molecule has 2 atom stereocenters. The van der Waals surface area contributed by atoms with Crippen LogP contribution in [0, 0.1) is 5.92 Å². The third kappa shape index (κ3) is 5.01. The van der Waals surface area contributed by atoms with Gasteiger partial charge in [0.1, 0.15) is 13.2 Å². The molecule has 0 bridgehead atoms.